The second-order valence-corrected chi connectivity index (χ2v) is 4.75. The van der Waals surface area contributed by atoms with Gasteiger partial charge in [0, 0.05) is 5.69 Å². The van der Waals surface area contributed by atoms with Gasteiger partial charge in [-0.1, -0.05) is 0 Å². The number of pyridine rings is 1. The van der Waals surface area contributed by atoms with Crippen molar-refractivity contribution >= 4 is 23.4 Å². The summed E-state index contributed by atoms with van der Waals surface area (Å²) in [4.78, 5) is 7.46. The molecule has 2 aromatic heterocycles. The van der Waals surface area contributed by atoms with Gasteiger partial charge in [-0.25, -0.2) is 9.37 Å². The average Bonchev–Trinajstić information content (AvgIpc) is 2.74. The number of nitrogens with zero attached hydrogens (tertiary/aromatic N) is 3. The van der Waals surface area contributed by atoms with Gasteiger partial charge < -0.3 is 4.98 Å². The van der Waals surface area contributed by atoms with Gasteiger partial charge in [0.2, 0.25) is 0 Å². The first-order valence-electron chi connectivity index (χ1n) is 5.88. The van der Waals surface area contributed by atoms with Crippen LogP contribution in [0.1, 0.15) is 11.3 Å². The molecule has 0 saturated heterocycles. The van der Waals surface area contributed by atoms with Crippen LogP contribution in [-0.2, 0) is 0 Å². The summed E-state index contributed by atoms with van der Waals surface area (Å²) in [6.07, 6.45) is 0. The number of aromatic nitrogens is 3. The highest BCUT2D eigenvalue weighted by Gasteiger charge is 2.12. The zero-order valence-corrected chi connectivity index (χ0v) is 11.3. The largest absolute Gasteiger partial charge is 0.329 e. The van der Waals surface area contributed by atoms with Gasteiger partial charge >= 0.3 is 0 Å². The molecule has 0 saturated carbocycles. The minimum Gasteiger partial charge on any atom is -0.329 e. The molecule has 3 rings (SSSR count). The third-order valence-electron chi connectivity index (χ3n) is 2.99. The first-order chi connectivity index (χ1) is 9.60. The smallest absolute Gasteiger partial charge is 0.184 e. The van der Waals surface area contributed by atoms with Gasteiger partial charge in [-0.15, -0.1) is 0 Å². The predicted molar refractivity (Wildman–Crippen MR) is 75.7 cm³/mol. The van der Waals surface area contributed by atoms with Crippen molar-refractivity contribution in [2.45, 2.75) is 6.92 Å². The van der Waals surface area contributed by atoms with Crippen LogP contribution in [0.25, 0.3) is 16.9 Å². The number of fused-ring (bicyclic) bond motifs is 1. The maximum Gasteiger partial charge on any atom is 0.184 e. The van der Waals surface area contributed by atoms with E-state index in [4.69, 9.17) is 17.5 Å². The van der Waals surface area contributed by atoms with Crippen molar-refractivity contribution in [2.75, 3.05) is 0 Å². The Labute approximate surface area is 119 Å². The molecule has 0 unspecified atom stereocenters. The summed E-state index contributed by atoms with van der Waals surface area (Å²) in [5.41, 5.74) is 2.96. The topological polar surface area (TPSA) is 57.4 Å². The fourth-order valence-electron chi connectivity index (χ4n) is 2.09. The monoisotopic (exact) mass is 284 g/mol. The first-order valence-corrected chi connectivity index (χ1v) is 6.29. The van der Waals surface area contributed by atoms with Gasteiger partial charge in [-0.2, -0.15) is 5.26 Å². The summed E-state index contributed by atoms with van der Waals surface area (Å²) in [5, 5.41) is 9.16. The minimum absolute atomic E-state index is 0.213. The molecule has 20 heavy (non-hydrogen) atoms. The number of rotatable bonds is 1. The quantitative estimate of drug-likeness (QED) is 0.697. The molecule has 0 radical (unpaired) electrons. The van der Waals surface area contributed by atoms with E-state index in [2.05, 4.69) is 9.97 Å². The van der Waals surface area contributed by atoms with Gasteiger partial charge in [0.1, 0.15) is 11.9 Å². The van der Waals surface area contributed by atoms with Crippen molar-refractivity contribution in [1.29, 1.82) is 5.26 Å². The van der Waals surface area contributed by atoms with Gasteiger partial charge in [0.15, 0.2) is 10.4 Å². The van der Waals surface area contributed by atoms with E-state index in [-0.39, 0.29) is 5.56 Å². The summed E-state index contributed by atoms with van der Waals surface area (Å²) in [5.74, 6) is -0.458. The van der Waals surface area contributed by atoms with Crippen LogP contribution in [0, 0.1) is 28.8 Å². The van der Waals surface area contributed by atoms with Gasteiger partial charge in [-0.3, -0.25) is 4.57 Å². The summed E-state index contributed by atoms with van der Waals surface area (Å²) in [7, 11) is 0. The Morgan fingerprint density at radius 2 is 2.15 bits per heavy atom. The van der Waals surface area contributed by atoms with E-state index in [1.54, 1.807) is 4.57 Å². The highest BCUT2D eigenvalue weighted by molar-refractivity contribution is 7.71. The van der Waals surface area contributed by atoms with E-state index >= 15 is 0 Å². The van der Waals surface area contributed by atoms with Crippen LogP contribution in [0.3, 0.4) is 0 Å². The summed E-state index contributed by atoms with van der Waals surface area (Å²) < 4.78 is 15.3. The Kier molecular flexibility index (Phi) is 2.84. The van der Waals surface area contributed by atoms with Crippen LogP contribution in [0.5, 0.6) is 0 Å². The molecule has 98 valence electrons. The van der Waals surface area contributed by atoms with E-state index in [0.29, 0.717) is 16.1 Å². The number of hydrogen-bond acceptors (Lipinski definition) is 3. The first kappa shape index (κ1) is 12.5. The standard InChI is InChI=1S/C14H9FN4S/c1-8-2-4-11-13(17-8)19(14(20)18-11)12-5-3-10(15)6-9(12)7-16/h2-6H,1H3,(H,18,20). The molecule has 0 spiro atoms. The number of hydrogen-bond donors (Lipinski definition) is 1. The minimum atomic E-state index is -0.458. The number of imidazole rings is 1. The molecule has 0 bridgehead atoms. The van der Waals surface area contributed by atoms with E-state index in [0.717, 1.165) is 11.2 Å². The van der Waals surface area contributed by atoms with Crippen LogP contribution in [-0.4, -0.2) is 14.5 Å². The Hall–Kier alpha value is -2.52. The summed E-state index contributed by atoms with van der Waals surface area (Å²) >= 11 is 5.28. The van der Waals surface area contributed by atoms with Crippen molar-refractivity contribution in [1.82, 2.24) is 14.5 Å². The molecule has 1 N–H and O–H groups in total. The molecule has 0 aliphatic carbocycles. The Morgan fingerprint density at radius 3 is 2.90 bits per heavy atom. The molecule has 0 aliphatic heterocycles. The Bertz CT molecular complexity index is 917. The fourth-order valence-corrected chi connectivity index (χ4v) is 2.39. The summed E-state index contributed by atoms with van der Waals surface area (Å²) in [6.45, 7) is 1.87. The molecule has 0 aliphatic rings. The highest BCUT2D eigenvalue weighted by atomic mass is 32.1. The maximum absolute atomic E-state index is 13.2. The van der Waals surface area contributed by atoms with Gasteiger partial charge in [-0.05, 0) is 49.5 Å². The van der Waals surface area contributed by atoms with Crippen LogP contribution in [0.2, 0.25) is 0 Å². The molecule has 3 aromatic rings. The second-order valence-electron chi connectivity index (χ2n) is 4.36. The lowest BCUT2D eigenvalue weighted by Crippen LogP contribution is -2.00. The van der Waals surface area contributed by atoms with Crippen LogP contribution in [0.4, 0.5) is 4.39 Å². The van der Waals surface area contributed by atoms with E-state index < -0.39 is 5.82 Å². The molecular formula is C14H9FN4S. The molecule has 6 heteroatoms. The molecule has 4 nitrogen and oxygen atoms in total. The zero-order chi connectivity index (χ0) is 14.3. The maximum atomic E-state index is 13.2. The number of aryl methyl sites for hydroxylation is 1. The Morgan fingerprint density at radius 1 is 1.35 bits per heavy atom. The number of aromatic amines is 1. The lowest BCUT2D eigenvalue weighted by molar-refractivity contribution is 0.627. The van der Waals surface area contributed by atoms with Crippen LogP contribution < -0.4 is 0 Å². The van der Waals surface area contributed by atoms with Gasteiger partial charge in [0.25, 0.3) is 0 Å². The Balaban J connectivity index is 2.41. The van der Waals surface area contributed by atoms with E-state index in [1.807, 2.05) is 25.1 Å². The zero-order valence-electron chi connectivity index (χ0n) is 10.5. The number of halogens is 1. The van der Waals surface area contributed by atoms with Crippen molar-refractivity contribution < 1.29 is 4.39 Å². The van der Waals surface area contributed by atoms with Crippen molar-refractivity contribution in [3.05, 3.63) is 52.2 Å². The predicted octanol–water partition coefficient (Wildman–Crippen LogP) is 3.40. The second kappa shape index (κ2) is 4.54. The lowest BCUT2D eigenvalue weighted by Gasteiger charge is -2.06. The number of benzene rings is 1. The molecule has 0 atom stereocenters. The molecule has 1 aromatic carbocycles. The third kappa shape index (κ3) is 1.89. The molecule has 0 fully saturated rings. The lowest BCUT2D eigenvalue weighted by atomic mass is 10.2. The van der Waals surface area contributed by atoms with Crippen molar-refractivity contribution in [2.24, 2.45) is 0 Å². The normalized spacial score (nSPS) is 10.7. The SMILES string of the molecule is Cc1ccc2[nH]c(=S)n(-c3ccc(F)cc3C#N)c2n1. The van der Waals surface area contributed by atoms with E-state index in [9.17, 15) is 4.39 Å². The molecular weight excluding hydrogens is 275 g/mol. The average molecular weight is 284 g/mol. The third-order valence-corrected chi connectivity index (χ3v) is 3.28. The van der Waals surface area contributed by atoms with Crippen LogP contribution in [0.15, 0.2) is 30.3 Å². The van der Waals surface area contributed by atoms with E-state index in [1.165, 1.54) is 18.2 Å². The fraction of sp³-hybridized carbons (Fsp3) is 0.0714. The molecule has 0 amide bonds. The van der Waals surface area contributed by atoms with Crippen molar-refractivity contribution in [3.8, 4) is 11.8 Å². The van der Waals surface area contributed by atoms with Gasteiger partial charge in [0.05, 0.1) is 16.8 Å². The number of nitrogens with one attached hydrogen (secondary N) is 1. The molecule has 2 heterocycles. The number of H-pyrrole nitrogens is 1. The van der Waals surface area contributed by atoms with Crippen LogP contribution >= 0.6 is 12.2 Å². The summed E-state index contributed by atoms with van der Waals surface area (Å²) in [6, 6.07) is 9.74. The number of nitriles is 1. The highest BCUT2D eigenvalue weighted by Crippen LogP contribution is 2.21. The van der Waals surface area contributed by atoms with Crippen molar-refractivity contribution in [3.63, 3.8) is 0 Å².